The number of benzene rings is 1. The van der Waals surface area contributed by atoms with Crippen molar-refractivity contribution in [3.05, 3.63) is 40.2 Å². The number of pyridine rings is 1. The van der Waals surface area contributed by atoms with Crippen molar-refractivity contribution >= 4 is 28.5 Å². The molecule has 35 heavy (non-hydrogen) atoms. The van der Waals surface area contributed by atoms with Gasteiger partial charge in [-0.25, -0.2) is 9.97 Å². The number of fused-ring (bicyclic) bond motifs is 3. The van der Waals surface area contributed by atoms with E-state index in [1.165, 1.54) is 22.4 Å². The summed E-state index contributed by atoms with van der Waals surface area (Å²) in [6.07, 6.45) is 4.17. The van der Waals surface area contributed by atoms with Gasteiger partial charge in [0.2, 0.25) is 5.88 Å². The third-order valence-electron chi connectivity index (χ3n) is 6.42. The van der Waals surface area contributed by atoms with Gasteiger partial charge in [0.05, 0.1) is 26.3 Å². The molecule has 0 amide bonds. The average molecular weight is 500 g/mol. The van der Waals surface area contributed by atoms with Gasteiger partial charge in [-0.3, -0.25) is 9.36 Å². The van der Waals surface area contributed by atoms with Crippen molar-refractivity contribution in [2.24, 2.45) is 0 Å². The number of nitrogens with one attached hydrogen (secondary N) is 1. The molecule has 0 radical (unpaired) electrons. The van der Waals surface area contributed by atoms with Crippen LogP contribution in [0.3, 0.4) is 0 Å². The number of nitrogens with zero attached hydrogens (tertiary/aromatic N) is 4. The average Bonchev–Trinajstić information content (AvgIpc) is 3.23. The molecule has 10 heteroatoms. The minimum Gasteiger partial charge on any atom is -0.497 e. The van der Waals surface area contributed by atoms with Crippen LogP contribution < -0.4 is 25.2 Å². The number of methoxy groups -OCH3 is 2. The van der Waals surface area contributed by atoms with Crippen molar-refractivity contribution in [3.8, 4) is 17.4 Å². The van der Waals surface area contributed by atoms with Crippen LogP contribution in [-0.4, -0.2) is 65.3 Å². The monoisotopic (exact) mass is 499 g/mol. The molecule has 3 aromatic rings. The van der Waals surface area contributed by atoms with Gasteiger partial charge in [0.15, 0.2) is 5.16 Å². The Morgan fingerprint density at radius 3 is 2.46 bits per heavy atom. The molecule has 9 nitrogen and oxygen atoms in total. The zero-order chi connectivity index (χ0) is 25.1. The number of ether oxygens (including phenoxy) is 2. The lowest BCUT2D eigenvalue weighted by atomic mass is 10.1. The number of anilines is 1. The molecule has 2 bridgehead atoms. The largest absolute Gasteiger partial charge is 0.497 e. The minimum absolute atomic E-state index is 0.135. The molecule has 2 atom stereocenters. The summed E-state index contributed by atoms with van der Waals surface area (Å²) in [7, 11) is 3.15. The molecular weight excluding hydrogens is 466 g/mol. The summed E-state index contributed by atoms with van der Waals surface area (Å²) in [6.45, 7) is 5.76. The van der Waals surface area contributed by atoms with E-state index in [0.717, 1.165) is 31.5 Å². The standard InChI is InChI=1S/C23H27N5O4S.C2H6/c1-31-16-7-4-13(18(8-16)32-2)10-28-19(29)9-17-20(22(28)30)21(26-23(25-17)33-3)27-11-14-5-6-15(12-27)24-14;1-2/h4,7-9,14-15,24,30H,5-6,10-12H2,1-3H3;1-2H3. The summed E-state index contributed by atoms with van der Waals surface area (Å²) < 4.78 is 12.1. The second-order valence-corrected chi connectivity index (χ2v) is 9.18. The summed E-state index contributed by atoms with van der Waals surface area (Å²) in [6, 6.07) is 7.68. The number of piperazine rings is 1. The minimum atomic E-state index is -0.338. The highest BCUT2D eigenvalue weighted by molar-refractivity contribution is 7.98. The maximum absolute atomic E-state index is 13.0. The van der Waals surface area contributed by atoms with Gasteiger partial charge in [-0.15, -0.1) is 0 Å². The third kappa shape index (κ3) is 4.90. The van der Waals surface area contributed by atoms with Gasteiger partial charge in [-0.05, 0) is 31.2 Å². The van der Waals surface area contributed by atoms with E-state index < -0.39 is 0 Å². The zero-order valence-corrected chi connectivity index (χ0v) is 21.7. The first-order valence-electron chi connectivity index (χ1n) is 11.9. The second kappa shape index (κ2) is 10.7. The summed E-state index contributed by atoms with van der Waals surface area (Å²) in [5, 5.41) is 16.1. The quantitative estimate of drug-likeness (QED) is 0.391. The van der Waals surface area contributed by atoms with Crippen LogP contribution in [0.25, 0.3) is 10.9 Å². The van der Waals surface area contributed by atoms with Gasteiger partial charge < -0.3 is 24.8 Å². The van der Waals surface area contributed by atoms with E-state index >= 15 is 0 Å². The van der Waals surface area contributed by atoms with Crippen LogP contribution in [0, 0.1) is 0 Å². The Kier molecular flexibility index (Phi) is 7.71. The molecule has 0 aliphatic carbocycles. The van der Waals surface area contributed by atoms with E-state index in [9.17, 15) is 9.90 Å². The fourth-order valence-corrected chi connectivity index (χ4v) is 5.16. The Bertz CT molecular complexity index is 1250. The SMILES string of the molecule is CC.COc1ccc(Cn2c(O)c3c(N4CC5CCC(C4)N5)nc(SC)nc3cc2=O)c(OC)c1. The molecule has 1 aromatic carbocycles. The fourth-order valence-electron chi connectivity index (χ4n) is 4.79. The van der Waals surface area contributed by atoms with E-state index in [1.807, 2.05) is 26.2 Å². The van der Waals surface area contributed by atoms with Gasteiger partial charge in [0.1, 0.15) is 22.7 Å². The number of hydrogen-bond acceptors (Lipinski definition) is 9. The molecule has 5 rings (SSSR count). The summed E-state index contributed by atoms with van der Waals surface area (Å²) in [4.78, 5) is 24.5. The van der Waals surface area contributed by atoms with Gasteiger partial charge in [-0.2, -0.15) is 0 Å². The van der Waals surface area contributed by atoms with Crippen molar-refractivity contribution < 1.29 is 14.6 Å². The normalized spacial score (nSPS) is 18.8. The van der Waals surface area contributed by atoms with Gasteiger partial charge >= 0.3 is 0 Å². The van der Waals surface area contributed by atoms with Gasteiger partial charge in [-0.1, -0.05) is 25.6 Å². The predicted octanol–water partition coefficient (Wildman–Crippen LogP) is 3.25. The van der Waals surface area contributed by atoms with Gasteiger partial charge in [0, 0.05) is 42.9 Å². The molecular formula is C25H33N5O4S. The van der Waals surface area contributed by atoms with Crippen LogP contribution in [0.15, 0.2) is 34.2 Å². The van der Waals surface area contributed by atoms with E-state index in [4.69, 9.17) is 14.5 Å². The molecule has 4 heterocycles. The maximum atomic E-state index is 13.0. The Morgan fingerprint density at radius 1 is 1.11 bits per heavy atom. The van der Waals surface area contributed by atoms with Crippen molar-refractivity contribution in [1.82, 2.24) is 19.9 Å². The third-order valence-corrected chi connectivity index (χ3v) is 6.97. The van der Waals surface area contributed by atoms with Crippen molar-refractivity contribution in [2.75, 3.05) is 38.5 Å². The van der Waals surface area contributed by atoms with Crippen LogP contribution in [0.2, 0.25) is 0 Å². The first-order valence-corrected chi connectivity index (χ1v) is 13.1. The molecule has 0 saturated carbocycles. The van der Waals surface area contributed by atoms with Gasteiger partial charge in [0.25, 0.3) is 5.56 Å². The predicted molar refractivity (Wildman–Crippen MR) is 139 cm³/mol. The topological polar surface area (TPSA) is 102 Å². The summed E-state index contributed by atoms with van der Waals surface area (Å²) >= 11 is 1.42. The Hall–Kier alpha value is -2.98. The molecule has 0 spiro atoms. The lowest BCUT2D eigenvalue weighted by Gasteiger charge is -2.34. The summed E-state index contributed by atoms with van der Waals surface area (Å²) in [5.41, 5.74) is 0.865. The van der Waals surface area contributed by atoms with Crippen LogP contribution in [-0.2, 0) is 6.54 Å². The Labute approximate surface area is 209 Å². The molecule has 2 aromatic heterocycles. The fraction of sp³-hybridized carbons (Fsp3) is 0.480. The van der Waals surface area contributed by atoms with Crippen LogP contribution >= 0.6 is 11.8 Å². The molecule has 2 aliphatic rings. The van der Waals surface area contributed by atoms with E-state index in [1.54, 1.807) is 26.4 Å². The Morgan fingerprint density at radius 2 is 1.83 bits per heavy atom. The van der Waals surface area contributed by atoms with E-state index in [2.05, 4.69) is 15.2 Å². The number of aromatic hydroxyl groups is 1. The highest BCUT2D eigenvalue weighted by atomic mass is 32.2. The molecule has 2 unspecified atom stereocenters. The first-order chi connectivity index (χ1) is 17.0. The zero-order valence-electron chi connectivity index (χ0n) is 20.9. The van der Waals surface area contributed by atoms with E-state index in [-0.39, 0.29) is 18.0 Å². The Balaban J connectivity index is 0.00000141. The van der Waals surface area contributed by atoms with Crippen molar-refractivity contribution in [1.29, 1.82) is 0 Å². The molecule has 2 N–H and O–H groups in total. The highest BCUT2D eigenvalue weighted by Gasteiger charge is 2.34. The second-order valence-electron chi connectivity index (χ2n) is 8.41. The number of aromatic nitrogens is 3. The van der Waals surface area contributed by atoms with Crippen molar-refractivity contribution in [3.63, 3.8) is 0 Å². The lowest BCUT2D eigenvalue weighted by Crippen LogP contribution is -2.51. The molecule has 2 saturated heterocycles. The number of rotatable bonds is 6. The molecule has 2 fully saturated rings. The van der Waals surface area contributed by atoms with Crippen LogP contribution in [0.5, 0.6) is 17.4 Å². The maximum Gasteiger partial charge on any atom is 0.255 e. The number of thioether (sulfide) groups is 1. The summed E-state index contributed by atoms with van der Waals surface area (Å²) in [5.74, 6) is 1.77. The van der Waals surface area contributed by atoms with Crippen LogP contribution in [0.4, 0.5) is 5.82 Å². The first kappa shape index (κ1) is 25.1. The van der Waals surface area contributed by atoms with Crippen LogP contribution in [0.1, 0.15) is 32.3 Å². The molecule has 188 valence electrons. The highest BCUT2D eigenvalue weighted by Crippen LogP contribution is 2.35. The number of hydrogen-bond donors (Lipinski definition) is 2. The smallest absolute Gasteiger partial charge is 0.255 e. The van der Waals surface area contributed by atoms with Crippen molar-refractivity contribution in [2.45, 2.75) is 50.5 Å². The lowest BCUT2D eigenvalue weighted by molar-refractivity contribution is 0.386. The van der Waals surface area contributed by atoms with E-state index in [0.29, 0.717) is 45.5 Å². The molecule has 2 aliphatic heterocycles.